The Balaban J connectivity index is 1.56. The molecule has 1 aliphatic heterocycles. The van der Waals surface area contributed by atoms with Crippen molar-refractivity contribution in [2.24, 2.45) is 0 Å². The molecule has 0 spiro atoms. The highest BCUT2D eigenvalue weighted by Crippen LogP contribution is 2.18. The molecule has 1 saturated heterocycles. The molecule has 4 nitrogen and oxygen atoms in total. The van der Waals surface area contributed by atoms with E-state index in [1.165, 1.54) is 5.56 Å². The normalized spacial score (nSPS) is 18.3. The monoisotopic (exact) mass is 278 g/mol. The molecule has 0 saturated carbocycles. The molecular formula is C17H18N4. The van der Waals surface area contributed by atoms with Crippen LogP contribution < -0.4 is 5.32 Å². The van der Waals surface area contributed by atoms with Gasteiger partial charge >= 0.3 is 0 Å². The van der Waals surface area contributed by atoms with E-state index in [1.54, 1.807) is 12.3 Å². The van der Waals surface area contributed by atoms with Crippen LogP contribution in [-0.2, 0) is 6.54 Å². The number of rotatable bonds is 4. The molecule has 3 rings (SSSR count). The molecule has 0 radical (unpaired) electrons. The Labute approximate surface area is 125 Å². The van der Waals surface area contributed by atoms with Crippen molar-refractivity contribution in [2.75, 3.05) is 18.4 Å². The molecule has 0 amide bonds. The molecular weight excluding hydrogens is 260 g/mol. The maximum Gasteiger partial charge on any atom is 0.142 e. The van der Waals surface area contributed by atoms with E-state index in [0.717, 1.165) is 31.7 Å². The standard InChI is InChI=1S/C17H18N4/c18-11-17-10-15(6-8-19-17)20-16-7-9-21(13-16)12-14-4-2-1-3-5-14/h1-6,8,10,16H,7,9,12-13H2,(H,19,20). The first-order chi connectivity index (χ1) is 10.3. The van der Waals surface area contributed by atoms with Crippen molar-refractivity contribution < 1.29 is 0 Å². The van der Waals surface area contributed by atoms with Gasteiger partial charge in [0.25, 0.3) is 0 Å². The van der Waals surface area contributed by atoms with Crippen molar-refractivity contribution >= 4 is 5.69 Å². The maximum absolute atomic E-state index is 8.88. The third-order valence-electron chi connectivity index (χ3n) is 3.77. The number of pyridine rings is 1. The summed E-state index contributed by atoms with van der Waals surface area (Å²) in [6.07, 6.45) is 2.80. The van der Waals surface area contributed by atoms with Crippen LogP contribution in [0.4, 0.5) is 5.69 Å². The van der Waals surface area contributed by atoms with Crippen molar-refractivity contribution in [1.82, 2.24) is 9.88 Å². The summed E-state index contributed by atoms with van der Waals surface area (Å²) in [6, 6.07) is 16.8. The number of likely N-dealkylation sites (tertiary alicyclic amines) is 1. The SMILES string of the molecule is N#Cc1cc(NC2CCN(Cc3ccccc3)C2)ccn1. The first-order valence-electron chi connectivity index (χ1n) is 7.22. The molecule has 1 aromatic heterocycles. The van der Waals surface area contributed by atoms with Crippen molar-refractivity contribution in [3.05, 3.63) is 59.9 Å². The topological polar surface area (TPSA) is 52.0 Å². The van der Waals surface area contributed by atoms with Crippen LogP contribution in [0.15, 0.2) is 48.7 Å². The Kier molecular flexibility index (Phi) is 4.13. The second kappa shape index (κ2) is 6.38. The third kappa shape index (κ3) is 3.59. The lowest BCUT2D eigenvalue weighted by atomic mass is 10.2. The molecule has 0 aliphatic carbocycles. The highest BCUT2D eigenvalue weighted by atomic mass is 15.2. The third-order valence-corrected chi connectivity index (χ3v) is 3.77. The summed E-state index contributed by atoms with van der Waals surface area (Å²) in [4.78, 5) is 6.45. The number of hydrogen-bond acceptors (Lipinski definition) is 4. The van der Waals surface area contributed by atoms with Crippen LogP contribution >= 0.6 is 0 Å². The largest absolute Gasteiger partial charge is 0.381 e. The molecule has 1 aromatic carbocycles. The zero-order valence-corrected chi connectivity index (χ0v) is 11.9. The second-order valence-corrected chi connectivity index (χ2v) is 5.39. The zero-order valence-electron chi connectivity index (χ0n) is 11.9. The van der Waals surface area contributed by atoms with E-state index in [1.807, 2.05) is 12.1 Å². The number of nitrogens with one attached hydrogen (secondary N) is 1. The van der Waals surface area contributed by atoms with Crippen LogP contribution in [0.3, 0.4) is 0 Å². The molecule has 1 fully saturated rings. The van der Waals surface area contributed by atoms with E-state index >= 15 is 0 Å². The Hall–Kier alpha value is -2.38. The number of hydrogen-bond donors (Lipinski definition) is 1. The Morgan fingerprint density at radius 1 is 1.29 bits per heavy atom. The van der Waals surface area contributed by atoms with Crippen LogP contribution in [-0.4, -0.2) is 29.0 Å². The van der Waals surface area contributed by atoms with Gasteiger partial charge in [-0.3, -0.25) is 4.90 Å². The van der Waals surface area contributed by atoms with E-state index in [9.17, 15) is 0 Å². The van der Waals surface area contributed by atoms with Crippen LogP contribution in [0.5, 0.6) is 0 Å². The molecule has 2 heterocycles. The Morgan fingerprint density at radius 2 is 2.14 bits per heavy atom. The molecule has 0 bridgehead atoms. The van der Waals surface area contributed by atoms with Gasteiger partial charge in [-0.05, 0) is 24.1 Å². The van der Waals surface area contributed by atoms with Gasteiger partial charge in [0.05, 0.1) is 0 Å². The maximum atomic E-state index is 8.88. The smallest absolute Gasteiger partial charge is 0.142 e. The van der Waals surface area contributed by atoms with E-state index in [2.05, 4.69) is 45.5 Å². The minimum Gasteiger partial charge on any atom is -0.381 e. The quantitative estimate of drug-likeness (QED) is 0.934. The first kappa shape index (κ1) is 13.6. The molecule has 2 aromatic rings. The van der Waals surface area contributed by atoms with Gasteiger partial charge in [-0.1, -0.05) is 30.3 Å². The summed E-state index contributed by atoms with van der Waals surface area (Å²) in [7, 11) is 0. The Morgan fingerprint density at radius 3 is 2.95 bits per heavy atom. The molecule has 1 unspecified atom stereocenters. The average molecular weight is 278 g/mol. The summed E-state index contributed by atoms with van der Waals surface area (Å²) in [5, 5.41) is 12.4. The van der Waals surface area contributed by atoms with E-state index in [0.29, 0.717) is 11.7 Å². The lowest BCUT2D eigenvalue weighted by Gasteiger charge is -2.17. The summed E-state index contributed by atoms with van der Waals surface area (Å²) >= 11 is 0. The highest BCUT2D eigenvalue weighted by molar-refractivity contribution is 5.46. The summed E-state index contributed by atoms with van der Waals surface area (Å²) in [5.74, 6) is 0. The number of nitrogens with zero attached hydrogens (tertiary/aromatic N) is 3. The lowest BCUT2D eigenvalue weighted by Crippen LogP contribution is -2.26. The highest BCUT2D eigenvalue weighted by Gasteiger charge is 2.22. The van der Waals surface area contributed by atoms with E-state index in [4.69, 9.17) is 5.26 Å². The minimum atomic E-state index is 0.433. The van der Waals surface area contributed by atoms with Crippen molar-refractivity contribution in [1.29, 1.82) is 5.26 Å². The van der Waals surface area contributed by atoms with Crippen molar-refractivity contribution in [3.8, 4) is 6.07 Å². The van der Waals surface area contributed by atoms with Gasteiger partial charge in [0.1, 0.15) is 11.8 Å². The van der Waals surface area contributed by atoms with Crippen molar-refractivity contribution in [2.45, 2.75) is 19.0 Å². The molecule has 1 N–H and O–H groups in total. The predicted octanol–water partition coefficient (Wildman–Crippen LogP) is 2.64. The van der Waals surface area contributed by atoms with Gasteiger partial charge in [-0.25, -0.2) is 4.98 Å². The zero-order chi connectivity index (χ0) is 14.5. The second-order valence-electron chi connectivity index (χ2n) is 5.39. The fraction of sp³-hybridized carbons (Fsp3) is 0.294. The van der Waals surface area contributed by atoms with E-state index in [-0.39, 0.29) is 0 Å². The fourth-order valence-corrected chi connectivity index (χ4v) is 2.75. The lowest BCUT2D eigenvalue weighted by molar-refractivity contribution is 0.328. The van der Waals surface area contributed by atoms with E-state index < -0.39 is 0 Å². The minimum absolute atomic E-state index is 0.433. The first-order valence-corrected chi connectivity index (χ1v) is 7.22. The van der Waals surface area contributed by atoms with Crippen molar-refractivity contribution in [3.63, 3.8) is 0 Å². The van der Waals surface area contributed by atoms with Gasteiger partial charge in [0.15, 0.2) is 0 Å². The van der Waals surface area contributed by atoms with Gasteiger partial charge in [-0.15, -0.1) is 0 Å². The van der Waals surface area contributed by atoms with Gasteiger partial charge in [0, 0.05) is 37.6 Å². The number of anilines is 1. The van der Waals surface area contributed by atoms with Crippen LogP contribution in [0, 0.1) is 11.3 Å². The predicted molar refractivity (Wildman–Crippen MR) is 82.7 cm³/mol. The average Bonchev–Trinajstić information content (AvgIpc) is 2.95. The summed E-state index contributed by atoms with van der Waals surface area (Å²) in [6.45, 7) is 3.13. The van der Waals surface area contributed by atoms with Gasteiger partial charge < -0.3 is 5.32 Å². The molecule has 1 atom stereocenters. The fourth-order valence-electron chi connectivity index (χ4n) is 2.75. The number of aromatic nitrogens is 1. The molecule has 1 aliphatic rings. The van der Waals surface area contributed by atoms with Gasteiger partial charge in [0.2, 0.25) is 0 Å². The molecule has 4 heteroatoms. The van der Waals surface area contributed by atoms with Crippen LogP contribution in [0.2, 0.25) is 0 Å². The Bertz CT molecular complexity index is 633. The number of nitriles is 1. The summed E-state index contributed by atoms with van der Waals surface area (Å²) in [5.41, 5.74) is 2.79. The van der Waals surface area contributed by atoms with Crippen LogP contribution in [0.25, 0.3) is 0 Å². The summed E-state index contributed by atoms with van der Waals surface area (Å²) < 4.78 is 0. The molecule has 106 valence electrons. The molecule has 21 heavy (non-hydrogen) atoms. The van der Waals surface area contributed by atoms with Gasteiger partial charge in [-0.2, -0.15) is 5.26 Å². The number of benzene rings is 1. The van der Waals surface area contributed by atoms with Crippen LogP contribution in [0.1, 0.15) is 17.7 Å².